The summed E-state index contributed by atoms with van der Waals surface area (Å²) in [6.45, 7) is 1.04. The molecule has 4 N–H and O–H groups in total. The van der Waals surface area contributed by atoms with Crippen LogP contribution in [0.3, 0.4) is 0 Å². The topological polar surface area (TPSA) is 119 Å². The third kappa shape index (κ3) is 2.77. The molecular weight excluding hydrogens is 395 g/mol. The van der Waals surface area contributed by atoms with E-state index in [1.165, 1.54) is 4.90 Å². The highest BCUT2D eigenvalue weighted by Crippen LogP contribution is 2.37. The molecule has 2 heterocycles. The van der Waals surface area contributed by atoms with Crippen LogP contribution in [-0.4, -0.2) is 73.3 Å². The molecule has 0 bridgehead atoms. The van der Waals surface area contributed by atoms with Crippen LogP contribution in [0.5, 0.6) is 0 Å². The number of hydrogen-bond acceptors (Lipinski definition) is 6. The van der Waals surface area contributed by atoms with E-state index < -0.39 is 46.4 Å². The highest BCUT2D eigenvalue weighted by Gasteiger charge is 2.54. The van der Waals surface area contributed by atoms with Gasteiger partial charge in [-0.3, -0.25) is 15.0 Å². The van der Waals surface area contributed by atoms with E-state index in [2.05, 4.69) is 5.32 Å². The van der Waals surface area contributed by atoms with E-state index in [1.54, 1.807) is 6.92 Å². The van der Waals surface area contributed by atoms with Gasteiger partial charge < -0.3 is 20.1 Å². The third-order valence-electron chi connectivity index (χ3n) is 4.08. The fraction of sp³-hybridized carbons (Fsp3) is 0.833. The normalized spacial score (nSPS) is 40.5. The molecule has 0 spiro atoms. The maximum Gasteiger partial charge on any atom is 0.326 e. The van der Waals surface area contributed by atoms with Crippen LogP contribution in [0.1, 0.15) is 19.8 Å². The molecule has 0 aromatic heterocycles. The van der Waals surface area contributed by atoms with Crippen LogP contribution >= 0.6 is 22.6 Å². The molecule has 8 nitrogen and oxygen atoms in total. The Balaban J connectivity index is 2.28. The summed E-state index contributed by atoms with van der Waals surface area (Å²) in [7, 11) is 0. The Morgan fingerprint density at radius 2 is 2.10 bits per heavy atom. The number of carbonyl (C=O) groups is 2. The molecule has 2 fully saturated rings. The van der Waals surface area contributed by atoms with Crippen LogP contribution in [0.2, 0.25) is 0 Å². The van der Waals surface area contributed by atoms with Gasteiger partial charge in [-0.1, -0.05) is 29.5 Å². The van der Waals surface area contributed by atoms with Gasteiger partial charge in [0.1, 0.15) is 15.8 Å². The Bertz CT molecular complexity index is 436. The van der Waals surface area contributed by atoms with Gasteiger partial charge in [0.2, 0.25) is 5.91 Å². The molecule has 120 valence electrons. The quantitative estimate of drug-likeness (QED) is 0.345. The Kier molecular flexibility index (Phi) is 5.08. The first-order valence-electron chi connectivity index (χ1n) is 6.76. The lowest BCUT2D eigenvalue weighted by Gasteiger charge is -2.46. The van der Waals surface area contributed by atoms with Gasteiger partial charge in [-0.15, -0.1) is 0 Å². The number of amides is 3. The van der Waals surface area contributed by atoms with Crippen molar-refractivity contribution in [3.05, 3.63) is 0 Å². The minimum absolute atomic E-state index is 0.125. The van der Waals surface area contributed by atoms with Crippen LogP contribution < -0.4 is 5.32 Å². The van der Waals surface area contributed by atoms with E-state index in [0.29, 0.717) is 6.42 Å². The molecule has 0 aliphatic carbocycles. The molecule has 2 rings (SSSR count). The summed E-state index contributed by atoms with van der Waals surface area (Å²) in [6.07, 6.45) is -1.91. The molecule has 0 aromatic rings. The van der Waals surface area contributed by atoms with Gasteiger partial charge in [0.25, 0.3) is 0 Å². The van der Waals surface area contributed by atoms with Gasteiger partial charge in [-0.05, 0) is 6.42 Å². The summed E-state index contributed by atoms with van der Waals surface area (Å²) in [4.78, 5) is 25.4. The standard InChI is InChI=1S/C12H19IN2O6/c1-2-12(13)8(5-17)15(11(20)14-10(12)19)9-3-6(18)7(4-16)21-9/h6-9,16-18H,2-5H2,1H3,(H,14,19,20)/t6-,7+,8+,9+,12-/m0/s1. The predicted octanol–water partition coefficient (Wildman–Crippen LogP) is -1.05. The lowest BCUT2D eigenvalue weighted by Crippen LogP contribution is -2.70. The number of ether oxygens (including phenoxy) is 1. The smallest absolute Gasteiger partial charge is 0.326 e. The highest BCUT2D eigenvalue weighted by atomic mass is 127. The second-order valence-electron chi connectivity index (χ2n) is 5.20. The molecule has 2 aliphatic heterocycles. The van der Waals surface area contributed by atoms with Gasteiger partial charge in [0, 0.05) is 6.42 Å². The fourth-order valence-electron chi connectivity index (χ4n) is 2.79. The Morgan fingerprint density at radius 3 is 2.57 bits per heavy atom. The van der Waals surface area contributed by atoms with E-state index in [9.17, 15) is 19.8 Å². The van der Waals surface area contributed by atoms with Crippen molar-refractivity contribution in [3.8, 4) is 0 Å². The Hall–Kier alpha value is -0.490. The fourth-order valence-corrected chi connectivity index (χ4v) is 3.42. The number of hydrogen-bond donors (Lipinski definition) is 4. The van der Waals surface area contributed by atoms with Crippen molar-refractivity contribution in [3.63, 3.8) is 0 Å². The average molecular weight is 414 g/mol. The van der Waals surface area contributed by atoms with Crippen LogP contribution in [0.15, 0.2) is 0 Å². The van der Waals surface area contributed by atoms with Crippen molar-refractivity contribution in [2.45, 2.75) is 47.7 Å². The van der Waals surface area contributed by atoms with E-state index in [0.717, 1.165) is 0 Å². The van der Waals surface area contributed by atoms with Crippen molar-refractivity contribution in [2.75, 3.05) is 13.2 Å². The average Bonchev–Trinajstić information content (AvgIpc) is 2.82. The first kappa shape index (κ1) is 16.9. The van der Waals surface area contributed by atoms with E-state index >= 15 is 0 Å². The summed E-state index contributed by atoms with van der Waals surface area (Å²) in [5, 5.41) is 30.9. The molecule has 0 aromatic carbocycles. The van der Waals surface area contributed by atoms with Crippen molar-refractivity contribution < 1.29 is 29.6 Å². The van der Waals surface area contributed by atoms with E-state index in [-0.39, 0.29) is 13.0 Å². The van der Waals surface area contributed by atoms with Crippen molar-refractivity contribution in [1.29, 1.82) is 0 Å². The SMILES string of the molecule is CC[C@@]1(I)C(=O)NC(=O)N([C@H]2C[C@H](O)[C@@H](CO)O2)[C@@H]1CO. The molecule has 0 saturated carbocycles. The number of rotatable bonds is 4. The number of halogens is 1. The number of nitrogens with one attached hydrogen (secondary N) is 1. The van der Waals surface area contributed by atoms with Crippen molar-refractivity contribution in [1.82, 2.24) is 10.2 Å². The summed E-state index contributed by atoms with van der Waals surface area (Å²) in [6, 6.07) is -1.41. The number of urea groups is 1. The monoisotopic (exact) mass is 414 g/mol. The van der Waals surface area contributed by atoms with Crippen LogP contribution in [0, 0.1) is 0 Å². The molecule has 21 heavy (non-hydrogen) atoms. The zero-order valence-electron chi connectivity index (χ0n) is 11.5. The zero-order chi connectivity index (χ0) is 15.8. The zero-order valence-corrected chi connectivity index (χ0v) is 13.7. The van der Waals surface area contributed by atoms with Crippen molar-refractivity contribution in [2.24, 2.45) is 0 Å². The summed E-state index contributed by atoms with van der Waals surface area (Å²) in [5.74, 6) is -0.442. The lowest BCUT2D eigenvalue weighted by atomic mass is 9.92. The van der Waals surface area contributed by atoms with Crippen LogP contribution in [-0.2, 0) is 9.53 Å². The van der Waals surface area contributed by atoms with Crippen molar-refractivity contribution >= 4 is 34.5 Å². The molecule has 0 unspecified atom stereocenters. The lowest BCUT2D eigenvalue weighted by molar-refractivity contribution is -0.132. The second kappa shape index (κ2) is 6.32. The van der Waals surface area contributed by atoms with Crippen LogP contribution in [0.25, 0.3) is 0 Å². The van der Waals surface area contributed by atoms with E-state index in [4.69, 9.17) is 9.84 Å². The van der Waals surface area contributed by atoms with Gasteiger partial charge in [0.15, 0.2) is 0 Å². The largest absolute Gasteiger partial charge is 0.394 e. The number of alkyl halides is 1. The highest BCUT2D eigenvalue weighted by molar-refractivity contribution is 14.1. The predicted molar refractivity (Wildman–Crippen MR) is 79.7 cm³/mol. The molecule has 0 radical (unpaired) electrons. The molecule has 3 amide bonds. The summed E-state index contributed by atoms with van der Waals surface area (Å²) >= 11 is 1.94. The molecule has 2 aliphatic rings. The van der Waals surface area contributed by atoms with Gasteiger partial charge in [-0.25, -0.2) is 4.79 Å². The van der Waals surface area contributed by atoms with Gasteiger partial charge in [0.05, 0.1) is 25.4 Å². The molecule has 5 atom stereocenters. The molecular formula is C12H19IN2O6. The first-order valence-corrected chi connectivity index (χ1v) is 7.84. The number of aliphatic hydroxyl groups excluding tert-OH is 3. The maximum atomic E-state index is 12.1. The number of carbonyl (C=O) groups excluding carboxylic acids is 2. The second-order valence-corrected chi connectivity index (χ2v) is 7.12. The summed E-state index contributed by atoms with van der Waals surface area (Å²) in [5.41, 5.74) is 0. The molecule has 9 heteroatoms. The van der Waals surface area contributed by atoms with Gasteiger partial charge in [-0.2, -0.15) is 0 Å². The van der Waals surface area contributed by atoms with E-state index in [1.807, 2.05) is 22.6 Å². The number of nitrogens with zero attached hydrogens (tertiary/aromatic N) is 1. The first-order chi connectivity index (χ1) is 9.88. The Morgan fingerprint density at radius 1 is 1.43 bits per heavy atom. The minimum atomic E-state index is -0.966. The summed E-state index contributed by atoms with van der Waals surface area (Å²) < 4.78 is 4.51. The molecule has 2 saturated heterocycles. The maximum absolute atomic E-state index is 12.1. The Labute approximate surface area is 135 Å². The number of aliphatic hydroxyl groups is 3. The minimum Gasteiger partial charge on any atom is -0.394 e. The van der Waals surface area contributed by atoms with Crippen LogP contribution in [0.4, 0.5) is 4.79 Å². The number of imide groups is 1. The third-order valence-corrected chi connectivity index (χ3v) is 6.05. The van der Waals surface area contributed by atoms with Gasteiger partial charge >= 0.3 is 6.03 Å².